The third-order valence-electron chi connectivity index (χ3n) is 4.52. The normalized spacial score (nSPS) is 29.9. The summed E-state index contributed by atoms with van der Waals surface area (Å²) in [7, 11) is 0. The summed E-state index contributed by atoms with van der Waals surface area (Å²) >= 11 is 0. The molecule has 19 heavy (non-hydrogen) atoms. The smallest absolute Gasteiger partial charge is 0.226 e. The van der Waals surface area contributed by atoms with E-state index in [4.69, 9.17) is 4.52 Å². The minimum Gasteiger partial charge on any atom is -0.343 e. The highest BCUT2D eigenvalue weighted by Gasteiger charge is 2.53. The van der Waals surface area contributed by atoms with Crippen molar-refractivity contribution in [1.29, 1.82) is 0 Å². The van der Waals surface area contributed by atoms with E-state index in [0.717, 1.165) is 32.2 Å². The summed E-state index contributed by atoms with van der Waals surface area (Å²) < 4.78 is 4.85. The molecule has 2 aliphatic rings. The first-order valence-corrected chi connectivity index (χ1v) is 7.16. The van der Waals surface area contributed by atoms with Gasteiger partial charge in [-0.1, -0.05) is 31.8 Å². The Labute approximate surface area is 113 Å². The lowest BCUT2D eigenvalue weighted by Crippen LogP contribution is -2.37. The SMILES string of the molecule is CC1(C)C[C@@H]1C(=O)N1CCCCC[C@H]1c1ncon1. The summed E-state index contributed by atoms with van der Waals surface area (Å²) in [5, 5.41) is 3.95. The van der Waals surface area contributed by atoms with Gasteiger partial charge in [0, 0.05) is 12.5 Å². The van der Waals surface area contributed by atoms with Gasteiger partial charge in [-0.25, -0.2) is 0 Å². The van der Waals surface area contributed by atoms with Gasteiger partial charge in [0.25, 0.3) is 0 Å². The van der Waals surface area contributed by atoms with Crippen LogP contribution in [0.15, 0.2) is 10.9 Å². The summed E-state index contributed by atoms with van der Waals surface area (Å²) in [6.45, 7) is 5.15. The first-order valence-electron chi connectivity index (χ1n) is 7.16. The molecule has 2 atom stereocenters. The zero-order valence-corrected chi connectivity index (χ0v) is 11.6. The Morgan fingerprint density at radius 3 is 2.84 bits per heavy atom. The van der Waals surface area contributed by atoms with Crippen LogP contribution in [0.2, 0.25) is 0 Å². The summed E-state index contributed by atoms with van der Waals surface area (Å²) in [5.74, 6) is 1.12. The third kappa shape index (κ3) is 2.38. The fourth-order valence-electron chi connectivity index (χ4n) is 3.06. The average molecular weight is 263 g/mol. The highest BCUT2D eigenvalue weighted by molar-refractivity contribution is 5.82. The molecule has 104 valence electrons. The number of hydrogen-bond donors (Lipinski definition) is 0. The van der Waals surface area contributed by atoms with Crippen LogP contribution in [-0.4, -0.2) is 27.5 Å². The molecule has 0 bridgehead atoms. The van der Waals surface area contributed by atoms with E-state index in [0.29, 0.717) is 5.82 Å². The van der Waals surface area contributed by atoms with Crippen LogP contribution in [-0.2, 0) is 4.79 Å². The Bertz CT molecular complexity index is 455. The number of hydrogen-bond acceptors (Lipinski definition) is 4. The van der Waals surface area contributed by atoms with Gasteiger partial charge in [-0.05, 0) is 24.7 Å². The van der Waals surface area contributed by atoms with Gasteiger partial charge in [-0.3, -0.25) is 4.79 Å². The van der Waals surface area contributed by atoms with Crippen LogP contribution < -0.4 is 0 Å². The van der Waals surface area contributed by atoms with E-state index < -0.39 is 0 Å². The number of likely N-dealkylation sites (tertiary alicyclic amines) is 1. The Kier molecular flexibility index (Phi) is 3.07. The fraction of sp³-hybridized carbons (Fsp3) is 0.786. The van der Waals surface area contributed by atoms with Crippen molar-refractivity contribution in [2.45, 2.75) is 52.0 Å². The number of amides is 1. The lowest BCUT2D eigenvalue weighted by Gasteiger charge is -2.28. The predicted molar refractivity (Wildman–Crippen MR) is 69.1 cm³/mol. The zero-order valence-electron chi connectivity index (χ0n) is 11.6. The number of aromatic nitrogens is 2. The van der Waals surface area contributed by atoms with Crippen molar-refractivity contribution in [3.63, 3.8) is 0 Å². The molecule has 1 amide bonds. The molecule has 1 saturated heterocycles. The molecule has 5 heteroatoms. The molecule has 0 unspecified atom stereocenters. The van der Waals surface area contributed by atoms with Crippen molar-refractivity contribution in [3.8, 4) is 0 Å². The molecule has 0 spiro atoms. The molecule has 2 fully saturated rings. The summed E-state index contributed by atoms with van der Waals surface area (Å²) in [5.41, 5.74) is 0.172. The van der Waals surface area contributed by atoms with Gasteiger partial charge in [0.1, 0.15) is 0 Å². The minimum absolute atomic E-state index is 0.00477. The number of carbonyl (C=O) groups is 1. The standard InChI is InChI=1S/C14H21N3O2/c1-14(2)8-10(14)13(18)17-7-5-3-4-6-11(17)12-15-9-19-16-12/h9-11H,3-8H2,1-2H3/t10-,11+/m1/s1. The largest absolute Gasteiger partial charge is 0.343 e. The molecule has 3 rings (SSSR count). The summed E-state index contributed by atoms with van der Waals surface area (Å²) in [6, 6.07) is 0.00477. The van der Waals surface area contributed by atoms with Gasteiger partial charge in [0.2, 0.25) is 12.3 Å². The second-order valence-corrected chi connectivity index (χ2v) is 6.43. The Morgan fingerprint density at radius 1 is 1.42 bits per heavy atom. The number of rotatable bonds is 2. The molecule has 1 aliphatic carbocycles. The van der Waals surface area contributed by atoms with Crippen LogP contribution in [0.1, 0.15) is 57.8 Å². The molecule has 1 aromatic rings. The van der Waals surface area contributed by atoms with Gasteiger partial charge in [0.05, 0.1) is 6.04 Å². The Morgan fingerprint density at radius 2 is 2.21 bits per heavy atom. The van der Waals surface area contributed by atoms with Crippen LogP contribution in [0, 0.1) is 11.3 Å². The van der Waals surface area contributed by atoms with Crippen molar-refractivity contribution in [2.75, 3.05) is 6.54 Å². The maximum atomic E-state index is 12.7. The molecule has 1 aromatic heterocycles. The van der Waals surface area contributed by atoms with E-state index in [1.54, 1.807) is 0 Å². The maximum absolute atomic E-state index is 12.7. The van der Waals surface area contributed by atoms with Crippen LogP contribution in [0.4, 0.5) is 0 Å². The summed E-state index contributed by atoms with van der Waals surface area (Å²) in [6.07, 6.45) is 6.67. The zero-order chi connectivity index (χ0) is 13.5. The van der Waals surface area contributed by atoms with Crippen LogP contribution >= 0.6 is 0 Å². The minimum atomic E-state index is 0.00477. The monoisotopic (exact) mass is 263 g/mol. The highest BCUT2D eigenvalue weighted by Crippen LogP contribution is 2.53. The van der Waals surface area contributed by atoms with E-state index in [9.17, 15) is 4.79 Å². The van der Waals surface area contributed by atoms with Crippen LogP contribution in [0.25, 0.3) is 0 Å². The molecule has 0 radical (unpaired) electrons. The van der Waals surface area contributed by atoms with E-state index in [1.807, 2.05) is 4.90 Å². The first-order chi connectivity index (χ1) is 9.09. The van der Waals surface area contributed by atoms with Crippen molar-refractivity contribution >= 4 is 5.91 Å². The average Bonchev–Trinajstić information content (AvgIpc) is 2.80. The Balaban J connectivity index is 1.81. The number of nitrogens with zero attached hydrogens (tertiary/aromatic N) is 3. The summed E-state index contributed by atoms with van der Waals surface area (Å²) in [4.78, 5) is 18.8. The highest BCUT2D eigenvalue weighted by atomic mass is 16.5. The van der Waals surface area contributed by atoms with Crippen molar-refractivity contribution in [1.82, 2.24) is 15.0 Å². The van der Waals surface area contributed by atoms with Gasteiger partial charge in [-0.15, -0.1) is 0 Å². The van der Waals surface area contributed by atoms with Gasteiger partial charge in [0.15, 0.2) is 5.82 Å². The van der Waals surface area contributed by atoms with E-state index in [-0.39, 0.29) is 23.3 Å². The van der Waals surface area contributed by atoms with Gasteiger partial charge >= 0.3 is 0 Å². The molecule has 1 aliphatic heterocycles. The van der Waals surface area contributed by atoms with Gasteiger partial charge < -0.3 is 9.42 Å². The topological polar surface area (TPSA) is 59.2 Å². The Hall–Kier alpha value is -1.39. The molecule has 2 heterocycles. The second-order valence-electron chi connectivity index (χ2n) is 6.43. The lowest BCUT2D eigenvalue weighted by atomic mass is 10.1. The van der Waals surface area contributed by atoms with Crippen molar-refractivity contribution in [3.05, 3.63) is 12.2 Å². The number of carbonyl (C=O) groups excluding carboxylic acids is 1. The molecule has 0 N–H and O–H groups in total. The van der Waals surface area contributed by atoms with E-state index in [1.165, 1.54) is 12.8 Å². The van der Waals surface area contributed by atoms with E-state index >= 15 is 0 Å². The van der Waals surface area contributed by atoms with Crippen LogP contribution in [0.3, 0.4) is 0 Å². The molecule has 1 saturated carbocycles. The van der Waals surface area contributed by atoms with Gasteiger partial charge in [-0.2, -0.15) is 4.98 Å². The lowest BCUT2D eigenvalue weighted by molar-refractivity contribution is -0.136. The molecule has 0 aromatic carbocycles. The fourth-order valence-corrected chi connectivity index (χ4v) is 3.06. The van der Waals surface area contributed by atoms with Crippen molar-refractivity contribution in [2.24, 2.45) is 11.3 Å². The van der Waals surface area contributed by atoms with Crippen LogP contribution in [0.5, 0.6) is 0 Å². The van der Waals surface area contributed by atoms with E-state index in [2.05, 4.69) is 24.0 Å². The first kappa shape index (κ1) is 12.6. The van der Waals surface area contributed by atoms with Crippen molar-refractivity contribution < 1.29 is 9.32 Å². The molecule has 5 nitrogen and oxygen atoms in total. The third-order valence-corrected chi connectivity index (χ3v) is 4.52. The quantitative estimate of drug-likeness (QED) is 0.822. The maximum Gasteiger partial charge on any atom is 0.226 e. The molecular weight excluding hydrogens is 242 g/mol. The molecular formula is C14H21N3O2. The predicted octanol–water partition coefficient (Wildman–Crippen LogP) is 2.56. The second kappa shape index (κ2) is 4.62.